The third-order valence-electron chi connectivity index (χ3n) is 2.87. The lowest BCUT2D eigenvalue weighted by Crippen LogP contribution is -2.50. The van der Waals surface area contributed by atoms with Crippen LogP contribution in [0.1, 0.15) is 5.56 Å². The molecule has 1 aliphatic rings. The molecule has 1 fully saturated rings. The summed E-state index contributed by atoms with van der Waals surface area (Å²) >= 11 is 0. The number of hydrogen-bond donors (Lipinski definition) is 1. The third-order valence-corrected chi connectivity index (χ3v) is 2.87. The van der Waals surface area contributed by atoms with Crippen molar-refractivity contribution in [2.24, 2.45) is 5.92 Å². The first kappa shape index (κ1) is 10.2. The van der Waals surface area contributed by atoms with Gasteiger partial charge in [-0.2, -0.15) is 0 Å². The van der Waals surface area contributed by atoms with Gasteiger partial charge in [0.25, 0.3) is 0 Å². The van der Waals surface area contributed by atoms with Crippen molar-refractivity contribution in [3.8, 4) is 0 Å². The molecule has 1 heterocycles. The Hall–Kier alpha value is -1.35. The molecule has 1 aliphatic heterocycles. The third kappa shape index (κ3) is 2.57. The number of carboxylic acid groups (broad SMARTS) is 1. The highest BCUT2D eigenvalue weighted by Gasteiger charge is 2.31. The monoisotopic (exact) mass is 205 g/mol. The molecule has 1 saturated heterocycles. The van der Waals surface area contributed by atoms with Gasteiger partial charge >= 0.3 is 5.97 Å². The van der Waals surface area contributed by atoms with Gasteiger partial charge in [-0.05, 0) is 12.0 Å². The SMILES string of the molecule is O=C(O)C1CN(CCc2ccccc2)C1. The summed E-state index contributed by atoms with van der Waals surface area (Å²) in [7, 11) is 0. The molecule has 0 saturated carbocycles. The average molecular weight is 205 g/mol. The Morgan fingerprint density at radius 1 is 1.33 bits per heavy atom. The van der Waals surface area contributed by atoms with Crippen LogP contribution in [-0.2, 0) is 11.2 Å². The average Bonchev–Trinajstić information content (AvgIpc) is 2.16. The first-order chi connectivity index (χ1) is 7.25. The van der Waals surface area contributed by atoms with Gasteiger partial charge in [0.05, 0.1) is 5.92 Å². The highest BCUT2D eigenvalue weighted by Crippen LogP contribution is 2.15. The first-order valence-electron chi connectivity index (χ1n) is 5.25. The Balaban J connectivity index is 1.71. The van der Waals surface area contributed by atoms with Crippen molar-refractivity contribution in [2.75, 3.05) is 19.6 Å². The van der Waals surface area contributed by atoms with E-state index in [4.69, 9.17) is 5.11 Å². The number of rotatable bonds is 4. The molecule has 3 nitrogen and oxygen atoms in total. The van der Waals surface area contributed by atoms with Crippen molar-refractivity contribution in [3.05, 3.63) is 35.9 Å². The van der Waals surface area contributed by atoms with E-state index >= 15 is 0 Å². The van der Waals surface area contributed by atoms with Crippen molar-refractivity contribution in [2.45, 2.75) is 6.42 Å². The van der Waals surface area contributed by atoms with Crippen LogP contribution < -0.4 is 0 Å². The maximum atomic E-state index is 10.6. The number of likely N-dealkylation sites (tertiary alicyclic amines) is 1. The molecule has 0 bridgehead atoms. The van der Waals surface area contributed by atoms with E-state index in [2.05, 4.69) is 17.0 Å². The Kier molecular flexibility index (Phi) is 3.02. The van der Waals surface area contributed by atoms with Crippen LogP contribution in [0.15, 0.2) is 30.3 Å². The zero-order chi connectivity index (χ0) is 10.7. The largest absolute Gasteiger partial charge is 0.481 e. The van der Waals surface area contributed by atoms with E-state index in [1.807, 2.05) is 18.2 Å². The highest BCUT2D eigenvalue weighted by molar-refractivity contribution is 5.71. The van der Waals surface area contributed by atoms with Crippen LogP contribution in [0, 0.1) is 5.92 Å². The fraction of sp³-hybridized carbons (Fsp3) is 0.417. The molecule has 1 aromatic rings. The molecule has 0 aromatic heterocycles. The van der Waals surface area contributed by atoms with Crippen molar-refractivity contribution in [1.29, 1.82) is 0 Å². The molecule has 15 heavy (non-hydrogen) atoms. The van der Waals surface area contributed by atoms with Gasteiger partial charge in [-0.3, -0.25) is 4.79 Å². The predicted octanol–water partition coefficient (Wildman–Crippen LogP) is 1.25. The number of benzene rings is 1. The summed E-state index contributed by atoms with van der Waals surface area (Å²) in [5.41, 5.74) is 1.32. The fourth-order valence-electron chi connectivity index (χ4n) is 1.84. The number of hydrogen-bond acceptors (Lipinski definition) is 2. The van der Waals surface area contributed by atoms with E-state index in [-0.39, 0.29) is 5.92 Å². The van der Waals surface area contributed by atoms with Crippen molar-refractivity contribution in [3.63, 3.8) is 0 Å². The van der Waals surface area contributed by atoms with Crippen molar-refractivity contribution < 1.29 is 9.90 Å². The molecule has 0 unspecified atom stereocenters. The molecule has 2 rings (SSSR count). The standard InChI is InChI=1S/C12H15NO2/c14-12(15)11-8-13(9-11)7-6-10-4-2-1-3-5-10/h1-5,11H,6-9H2,(H,14,15). The summed E-state index contributed by atoms with van der Waals surface area (Å²) in [5.74, 6) is -0.799. The molecule has 3 heteroatoms. The predicted molar refractivity (Wildman–Crippen MR) is 57.7 cm³/mol. The van der Waals surface area contributed by atoms with E-state index in [1.165, 1.54) is 5.56 Å². The van der Waals surface area contributed by atoms with Crippen molar-refractivity contribution >= 4 is 5.97 Å². The van der Waals surface area contributed by atoms with Crippen molar-refractivity contribution in [1.82, 2.24) is 4.90 Å². The van der Waals surface area contributed by atoms with Gasteiger partial charge in [0.2, 0.25) is 0 Å². The molecular formula is C12H15NO2. The summed E-state index contributed by atoms with van der Waals surface area (Å²) in [6, 6.07) is 10.3. The second-order valence-corrected chi connectivity index (χ2v) is 4.03. The molecule has 1 N–H and O–H groups in total. The van der Waals surface area contributed by atoms with Gasteiger partial charge in [-0.15, -0.1) is 0 Å². The highest BCUT2D eigenvalue weighted by atomic mass is 16.4. The maximum absolute atomic E-state index is 10.6. The molecule has 1 aromatic carbocycles. The minimum absolute atomic E-state index is 0.138. The normalized spacial score (nSPS) is 17.3. The fourth-order valence-corrected chi connectivity index (χ4v) is 1.84. The van der Waals surface area contributed by atoms with Crippen LogP contribution in [0.4, 0.5) is 0 Å². The molecule has 0 atom stereocenters. The Morgan fingerprint density at radius 3 is 2.60 bits per heavy atom. The van der Waals surface area contributed by atoms with E-state index in [1.54, 1.807) is 0 Å². The summed E-state index contributed by atoms with van der Waals surface area (Å²) < 4.78 is 0. The second kappa shape index (κ2) is 4.45. The Bertz CT molecular complexity index is 331. The van der Waals surface area contributed by atoms with Crippen LogP contribution in [0.3, 0.4) is 0 Å². The van der Waals surface area contributed by atoms with Crippen LogP contribution in [0.5, 0.6) is 0 Å². The minimum Gasteiger partial charge on any atom is -0.481 e. The number of carbonyl (C=O) groups is 1. The zero-order valence-corrected chi connectivity index (χ0v) is 8.60. The smallest absolute Gasteiger partial charge is 0.309 e. The van der Waals surface area contributed by atoms with Crippen LogP contribution in [0.2, 0.25) is 0 Å². The topological polar surface area (TPSA) is 40.5 Å². The zero-order valence-electron chi connectivity index (χ0n) is 8.60. The molecule has 0 amide bonds. The lowest BCUT2D eigenvalue weighted by atomic mass is 10.00. The summed E-state index contributed by atoms with van der Waals surface area (Å²) in [6.07, 6.45) is 1.01. The van der Waals surface area contributed by atoms with Gasteiger partial charge in [0.15, 0.2) is 0 Å². The van der Waals surface area contributed by atoms with E-state index in [0.717, 1.165) is 13.0 Å². The summed E-state index contributed by atoms with van der Waals surface area (Å²) in [6.45, 7) is 2.39. The summed E-state index contributed by atoms with van der Waals surface area (Å²) in [5, 5.41) is 8.71. The van der Waals surface area contributed by atoms with Gasteiger partial charge in [-0.1, -0.05) is 30.3 Å². The van der Waals surface area contributed by atoms with Gasteiger partial charge in [0, 0.05) is 19.6 Å². The molecule has 0 spiro atoms. The molecule has 0 radical (unpaired) electrons. The number of carboxylic acids is 1. The maximum Gasteiger partial charge on any atom is 0.309 e. The van der Waals surface area contributed by atoms with Crippen LogP contribution in [0.25, 0.3) is 0 Å². The Morgan fingerprint density at radius 2 is 2.00 bits per heavy atom. The van der Waals surface area contributed by atoms with E-state index in [9.17, 15) is 4.79 Å². The molecule has 0 aliphatic carbocycles. The van der Waals surface area contributed by atoms with E-state index in [0.29, 0.717) is 13.1 Å². The summed E-state index contributed by atoms with van der Waals surface area (Å²) in [4.78, 5) is 12.8. The van der Waals surface area contributed by atoms with Gasteiger partial charge in [0.1, 0.15) is 0 Å². The quantitative estimate of drug-likeness (QED) is 0.804. The lowest BCUT2D eigenvalue weighted by molar-refractivity contribution is -0.147. The van der Waals surface area contributed by atoms with Crippen LogP contribution >= 0.6 is 0 Å². The molecule has 80 valence electrons. The van der Waals surface area contributed by atoms with Gasteiger partial charge in [-0.25, -0.2) is 0 Å². The first-order valence-corrected chi connectivity index (χ1v) is 5.25. The lowest BCUT2D eigenvalue weighted by Gasteiger charge is -2.36. The van der Waals surface area contributed by atoms with E-state index < -0.39 is 5.97 Å². The number of nitrogens with zero attached hydrogens (tertiary/aromatic N) is 1. The van der Waals surface area contributed by atoms with Gasteiger partial charge < -0.3 is 10.0 Å². The number of aliphatic carboxylic acids is 1. The minimum atomic E-state index is -0.661. The molecular weight excluding hydrogens is 190 g/mol. The Labute approximate surface area is 89.3 Å². The van der Waals surface area contributed by atoms with Crippen LogP contribution in [-0.4, -0.2) is 35.6 Å². The second-order valence-electron chi connectivity index (χ2n) is 4.03.